The zero-order valence-electron chi connectivity index (χ0n) is 20.9. The van der Waals surface area contributed by atoms with E-state index in [1.165, 1.54) is 18.2 Å². The van der Waals surface area contributed by atoms with Crippen molar-refractivity contribution in [3.8, 4) is 11.5 Å². The quantitative estimate of drug-likeness (QED) is 0.291. The van der Waals surface area contributed by atoms with Crippen LogP contribution in [0.4, 0.5) is 0 Å². The zero-order valence-corrected chi connectivity index (χ0v) is 23.9. The number of furan rings is 1. The van der Waals surface area contributed by atoms with Gasteiger partial charge in [0.05, 0.1) is 15.8 Å². The molecule has 0 aliphatic heterocycles. The standard InChI is InChI=1S/C26H22Cl4N4O6/c1-13-24-18(31-32-22(35)11-38-19-7-5-14(27)9-16(19)29)3-2-4-21(24)40-25(13)26(37)34-33-23(36)12-39-20-8-6-15(28)10-17(20)30/h5-10H,2-4,11-12H2,1H3,(H,32,35)(H,33,36)(H,34,37)/b31-18+. The minimum atomic E-state index is -0.665. The van der Waals surface area contributed by atoms with Crippen LogP contribution in [-0.4, -0.2) is 36.6 Å². The van der Waals surface area contributed by atoms with Crippen molar-refractivity contribution in [1.29, 1.82) is 0 Å². The SMILES string of the molecule is Cc1c(C(=O)NNC(=O)COc2ccc(Cl)cc2Cl)oc2c1/C(=N/NC(=O)COc1ccc(Cl)cc1Cl)CCC2. The smallest absolute Gasteiger partial charge is 0.305 e. The number of ether oxygens (including phenoxy) is 2. The van der Waals surface area contributed by atoms with Crippen molar-refractivity contribution in [2.75, 3.05) is 13.2 Å². The summed E-state index contributed by atoms with van der Waals surface area (Å²) < 4.78 is 16.6. The Kier molecular flexibility index (Phi) is 9.80. The van der Waals surface area contributed by atoms with Crippen molar-refractivity contribution < 1.29 is 28.3 Å². The molecule has 1 aromatic heterocycles. The summed E-state index contributed by atoms with van der Waals surface area (Å²) in [4.78, 5) is 37.2. The van der Waals surface area contributed by atoms with E-state index in [9.17, 15) is 14.4 Å². The summed E-state index contributed by atoms with van der Waals surface area (Å²) in [7, 11) is 0. The number of carbonyl (C=O) groups is 3. The van der Waals surface area contributed by atoms with Crippen LogP contribution in [0, 0.1) is 6.92 Å². The number of nitrogens with one attached hydrogen (secondary N) is 3. The molecule has 210 valence electrons. The third-order valence-electron chi connectivity index (χ3n) is 5.67. The summed E-state index contributed by atoms with van der Waals surface area (Å²) in [6.07, 6.45) is 1.84. The van der Waals surface area contributed by atoms with Crippen molar-refractivity contribution >= 4 is 69.8 Å². The van der Waals surface area contributed by atoms with Crippen LogP contribution >= 0.6 is 46.4 Å². The molecule has 2 aromatic carbocycles. The van der Waals surface area contributed by atoms with Gasteiger partial charge in [-0.05, 0) is 56.2 Å². The highest BCUT2D eigenvalue weighted by Gasteiger charge is 2.28. The van der Waals surface area contributed by atoms with Gasteiger partial charge in [-0.2, -0.15) is 5.10 Å². The van der Waals surface area contributed by atoms with Crippen LogP contribution < -0.4 is 25.8 Å². The number of hydrazine groups is 1. The van der Waals surface area contributed by atoms with Crippen LogP contribution in [0.2, 0.25) is 20.1 Å². The van der Waals surface area contributed by atoms with E-state index in [1.807, 2.05) is 0 Å². The number of hydrazone groups is 1. The van der Waals surface area contributed by atoms with Crippen molar-refractivity contribution in [3.63, 3.8) is 0 Å². The summed E-state index contributed by atoms with van der Waals surface area (Å²) in [5.74, 6) is -0.660. The third-order valence-corrected chi connectivity index (χ3v) is 6.73. The van der Waals surface area contributed by atoms with Gasteiger partial charge >= 0.3 is 5.91 Å². The lowest BCUT2D eigenvalue weighted by Gasteiger charge is -2.13. The molecule has 40 heavy (non-hydrogen) atoms. The maximum atomic E-state index is 12.8. The molecule has 0 atom stereocenters. The summed E-state index contributed by atoms with van der Waals surface area (Å²) >= 11 is 23.8. The fourth-order valence-electron chi connectivity index (χ4n) is 3.85. The number of rotatable bonds is 8. The fraction of sp³-hybridized carbons (Fsp3) is 0.231. The number of fused-ring (bicyclic) bond motifs is 1. The average Bonchev–Trinajstić information content (AvgIpc) is 3.26. The van der Waals surface area contributed by atoms with Crippen molar-refractivity contribution in [3.05, 3.63) is 79.1 Å². The van der Waals surface area contributed by atoms with Crippen molar-refractivity contribution in [1.82, 2.24) is 16.3 Å². The number of benzene rings is 2. The molecular weight excluding hydrogens is 606 g/mol. The monoisotopic (exact) mass is 626 g/mol. The van der Waals surface area contributed by atoms with Gasteiger partial charge in [0, 0.05) is 27.6 Å². The predicted octanol–water partition coefficient (Wildman–Crippen LogP) is 5.28. The number of halogens is 4. The molecule has 14 heteroatoms. The Labute approximate surface area is 248 Å². The molecule has 1 aliphatic carbocycles. The zero-order chi connectivity index (χ0) is 28.8. The maximum absolute atomic E-state index is 12.8. The van der Waals surface area contributed by atoms with E-state index in [4.69, 9.17) is 60.3 Å². The second kappa shape index (κ2) is 13.3. The summed E-state index contributed by atoms with van der Waals surface area (Å²) in [6, 6.07) is 9.23. The Hall–Kier alpha value is -3.44. The first-order valence-corrected chi connectivity index (χ1v) is 13.4. The predicted molar refractivity (Wildman–Crippen MR) is 151 cm³/mol. The molecule has 3 amide bonds. The topological polar surface area (TPSA) is 131 Å². The molecule has 0 radical (unpaired) electrons. The summed E-state index contributed by atoms with van der Waals surface area (Å²) in [6.45, 7) is 0.968. The first kappa shape index (κ1) is 29.5. The van der Waals surface area contributed by atoms with E-state index in [0.717, 1.165) is 0 Å². The molecule has 1 heterocycles. The minimum absolute atomic E-state index is 0.00797. The Balaban J connectivity index is 1.33. The molecule has 0 saturated heterocycles. The van der Waals surface area contributed by atoms with Gasteiger partial charge in [-0.25, -0.2) is 5.43 Å². The molecule has 10 nitrogen and oxygen atoms in total. The van der Waals surface area contributed by atoms with Crippen LogP contribution in [0.1, 0.15) is 40.3 Å². The Morgan fingerprint density at radius 3 is 2.08 bits per heavy atom. The number of nitrogens with zero attached hydrogens (tertiary/aromatic N) is 1. The summed E-state index contributed by atoms with van der Waals surface area (Å²) in [5.41, 5.74) is 8.73. The largest absolute Gasteiger partial charge is 0.482 e. The molecule has 1 aliphatic rings. The van der Waals surface area contributed by atoms with E-state index in [0.29, 0.717) is 57.7 Å². The van der Waals surface area contributed by atoms with Gasteiger partial charge in [-0.15, -0.1) is 0 Å². The fourth-order valence-corrected chi connectivity index (χ4v) is 4.78. The number of hydrogen-bond donors (Lipinski definition) is 3. The van der Waals surface area contributed by atoms with Gasteiger partial charge < -0.3 is 13.9 Å². The second-order valence-corrected chi connectivity index (χ2v) is 10.2. The van der Waals surface area contributed by atoms with E-state index in [-0.39, 0.29) is 28.2 Å². The average molecular weight is 628 g/mol. The number of carbonyl (C=O) groups excluding carboxylic acids is 3. The number of amides is 3. The van der Waals surface area contributed by atoms with Crippen LogP contribution in [-0.2, 0) is 16.0 Å². The Morgan fingerprint density at radius 1 is 0.875 bits per heavy atom. The van der Waals surface area contributed by atoms with Crippen LogP contribution in [0.5, 0.6) is 11.5 Å². The van der Waals surface area contributed by atoms with Crippen LogP contribution in [0.3, 0.4) is 0 Å². The lowest BCUT2D eigenvalue weighted by molar-refractivity contribution is -0.124. The lowest BCUT2D eigenvalue weighted by Crippen LogP contribution is -2.43. The molecule has 0 fully saturated rings. The number of hydrogen-bond acceptors (Lipinski definition) is 7. The minimum Gasteiger partial charge on any atom is -0.482 e. The van der Waals surface area contributed by atoms with Gasteiger partial charge in [-0.1, -0.05) is 46.4 Å². The summed E-state index contributed by atoms with van der Waals surface area (Å²) in [5, 5.41) is 5.62. The molecule has 3 aromatic rings. The molecule has 0 bridgehead atoms. The second-order valence-electron chi connectivity index (χ2n) is 8.53. The van der Waals surface area contributed by atoms with Crippen LogP contribution in [0.15, 0.2) is 45.9 Å². The third kappa shape index (κ3) is 7.39. The van der Waals surface area contributed by atoms with Gasteiger partial charge in [0.2, 0.25) is 0 Å². The van der Waals surface area contributed by atoms with E-state index in [1.54, 1.807) is 25.1 Å². The van der Waals surface area contributed by atoms with E-state index in [2.05, 4.69) is 21.4 Å². The van der Waals surface area contributed by atoms with Crippen molar-refractivity contribution in [2.24, 2.45) is 5.10 Å². The van der Waals surface area contributed by atoms with E-state index >= 15 is 0 Å². The normalized spacial score (nSPS) is 13.4. The highest BCUT2D eigenvalue weighted by atomic mass is 35.5. The highest BCUT2D eigenvalue weighted by molar-refractivity contribution is 6.36. The molecular formula is C26H22Cl4N4O6. The van der Waals surface area contributed by atoms with Gasteiger partial charge in [-0.3, -0.25) is 25.2 Å². The first-order chi connectivity index (χ1) is 19.1. The molecule has 3 N–H and O–H groups in total. The lowest BCUT2D eigenvalue weighted by atomic mass is 9.93. The van der Waals surface area contributed by atoms with E-state index < -0.39 is 24.3 Å². The maximum Gasteiger partial charge on any atom is 0.305 e. The molecule has 4 rings (SSSR count). The molecule has 0 saturated carbocycles. The van der Waals surface area contributed by atoms with Gasteiger partial charge in [0.15, 0.2) is 19.0 Å². The molecule has 0 spiro atoms. The van der Waals surface area contributed by atoms with Crippen molar-refractivity contribution in [2.45, 2.75) is 26.2 Å². The van der Waals surface area contributed by atoms with Gasteiger partial charge in [0.25, 0.3) is 11.8 Å². The molecule has 0 unspecified atom stereocenters. The first-order valence-electron chi connectivity index (χ1n) is 11.8. The highest BCUT2D eigenvalue weighted by Crippen LogP contribution is 2.30. The Morgan fingerprint density at radius 2 is 1.48 bits per heavy atom. The van der Waals surface area contributed by atoms with Gasteiger partial charge in [0.1, 0.15) is 17.3 Å². The Bertz CT molecular complexity index is 1490. The number of aryl methyl sites for hydroxylation is 1. The van der Waals surface area contributed by atoms with Crippen LogP contribution in [0.25, 0.3) is 0 Å².